The van der Waals surface area contributed by atoms with Crippen LogP contribution in [0.2, 0.25) is 0 Å². The van der Waals surface area contributed by atoms with E-state index in [1.165, 1.54) is 23.5 Å². The minimum Gasteiger partial charge on any atom is -0.498 e. The van der Waals surface area contributed by atoms with Gasteiger partial charge in [-0.15, -0.1) is 0 Å². The molecule has 2 aliphatic heterocycles. The van der Waals surface area contributed by atoms with Crippen LogP contribution in [0.3, 0.4) is 0 Å². The highest BCUT2D eigenvalue weighted by atomic mass is 16.7. The molecule has 4 rings (SSSR count). The summed E-state index contributed by atoms with van der Waals surface area (Å²) >= 11 is 0. The third kappa shape index (κ3) is 3.38. The van der Waals surface area contributed by atoms with E-state index in [9.17, 15) is 15.3 Å². The maximum Gasteiger partial charge on any atom is 0.234 e. The number of aromatic nitrogens is 4. The van der Waals surface area contributed by atoms with Gasteiger partial charge in [0.1, 0.15) is 36.7 Å². The third-order valence-electron chi connectivity index (χ3n) is 5.16. The van der Waals surface area contributed by atoms with Gasteiger partial charge in [-0.25, -0.2) is 15.0 Å². The molecule has 1 saturated heterocycles. The first-order valence-corrected chi connectivity index (χ1v) is 9.02. The number of imidazole rings is 1. The van der Waals surface area contributed by atoms with Gasteiger partial charge in [0, 0.05) is 7.11 Å². The fraction of sp³-hybridized carbons (Fsp3) is 0.588. The van der Waals surface area contributed by atoms with E-state index >= 15 is 0 Å². The number of aliphatic hydroxyl groups excluding tert-OH is 3. The maximum atomic E-state index is 10.3. The first-order valence-electron chi connectivity index (χ1n) is 9.02. The van der Waals surface area contributed by atoms with Crippen molar-refractivity contribution in [2.24, 2.45) is 0 Å². The van der Waals surface area contributed by atoms with Crippen LogP contribution in [0.15, 0.2) is 24.7 Å². The number of rotatable bonds is 7. The Morgan fingerprint density at radius 3 is 2.76 bits per heavy atom. The van der Waals surface area contributed by atoms with Crippen LogP contribution in [0.1, 0.15) is 12.6 Å². The van der Waals surface area contributed by atoms with Crippen LogP contribution in [-0.2, 0) is 18.9 Å². The zero-order chi connectivity index (χ0) is 20.6. The lowest BCUT2D eigenvalue weighted by Crippen LogP contribution is -2.38. The van der Waals surface area contributed by atoms with Gasteiger partial charge in [0.25, 0.3) is 0 Å². The van der Waals surface area contributed by atoms with Gasteiger partial charge >= 0.3 is 0 Å². The molecular weight excluding hydrogens is 386 g/mol. The second-order valence-corrected chi connectivity index (χ2v) is 6.83. The predicted octanol–water partition coefficient (Wildman–Crippen LogP) is -0.899. The molecule has 0 aliphatic carbocycles. The lowest BCUT2D eigenvalue weighted by atomic mass is 10.1. The number of aliphatic hydroxyl groups is 3. The number of nitrogens with zero attached hydrogens (tertiary/aromatic N) is 4. The zero-order valence-electron chi connectivity index (χ0n) is 15.9. The Hall–Kier alpha value is -2.51. The molecule has 5 atom stereocenters. The molecule has 0 aromatic carbocycles. The Morgan fingerprint density at radius 1 is 1.28 bits per heavy atom. The second kappa shape index (κ2) is 7.72. The summed E-state index contributed by atoms with van der Waals surface area (Å²) in [6.45, 7) is -0.153. The lowest BCUT2D eigenvalue weighted by molar-refractivity contribution is -0.166. The molecule has 29 heavy (non-hydrogen) atoms. The first kappa shape index (κ1) is 19.8. The van der Waals surface area contributed by atoms with Gasteiger partial charge in [-0.1, -0.05) is 0 Å². The van der Waals surface area contributed by atoms with Gasteiger partial charge in [0.05, 0.1) is 33.0 Å². The van der Waals surface area contributed by atoms with Crippen molar-refractivity contribution in [3.63, 3.8) is 0 Å². The highest BCUT2D eigenvalue weighted by Gasteiger charge is 2.44. The predicted molar refractivity (Wildman–Crippen MR) is 97.4 cm³/mol. The van der Waals surface area contributed by atoms with Crippen molar-refractivity contribution in [3.8, 4) is 0 Å². The van der Waals surface area contributed by atoms with Crippen LogP contribution in [0.4, 0.5) is 5.82 Å². The third-order valence-corrected chi connectivity index (χ3v) is 5.16. The van der Waals surface area contributed by atoms with Gasteiger partial charge in [0.2, 0.25) is 5.79 Å². The van der Waals surface area contributed by atoms with E-state index in [1.807, 2.05) is 0 Å². The van der Waals surface area contributed by atoms with Gasteiger partial charge in [0.15, 0.2) is 23.2 Å². The van der Waals surface area contributed by atoms with Crippen LogP contribution in [-0.4, -0.2) is 86.3 Å². The lowest BCUT2D eigenvalue weighted by Gasteiger charge is -2.27. The maximum absolute atomic E-state index is 10.3. The molecule has 1 fully saturated rings. The molecule has 4 N–H and O–H groups in total. The minimum absolute atomic E-state index is 0.264. The molecule has 12 nitrogen and oxygen atoms in total. The monoisotopic (exact) mass is 409 g/mol. The van der Waals surface area contributed by atoms with Gasteiger partial charge in [-0.05, 0) is 0 Å². The van der Waals surface area contributed by atoms with E-state index in [4.69, 9.17) is 18.9 Å². The summed E-state index contributed by atoms with van der Waals surface area (Å²) in [4.78, 5) is 12.8. The number of ether oxygens (including phenoxy) is 4. The van der Waals surface area contributed by atoms with Crippen molar-refractivity contribution in [1.29, 1.82) is 0 Å². The topological polar surface area (TPSA) is 153 Å². The zero-order valence-corrected chi connectivity index (χ0v) is 15.9. The largest absolute Gasteiger partial charge is 0.498 e. The molecule has 2 aromatic heterocycles. The average molecular weight is 409 g/mol. The molecular formula is C17H23N5O7. The number of fused-ring (bicyclic) bond motifs is 1. The van der Waals surface area contributed by atoms with Gasteiger partial charge in [-0.3, -0.25) is 4.57 Å². The Kier molecular flexibility index (Phi) is 5.27. The average Bonchev–Trinajstić information content (AvgIpc) is 3.44. The fourth-order valence-corrected chi connectivity index (χ4v) is 3.43. The van der Waals surface area contributed by atoms with Crippen LogP contribution in [0.25, 0.3) is 11.2 Å². The van der Waals surface area contributed by atoms with E-state index in [0.717, 1.165) is 0 Å². The summed E-state index contributed by atoms with van der Waals surface area (Å²) in [6.07, 6.45) is 0.437. The minimum atomic E-state index is -1.24. The summed E-state index contributed by atoms with van der Waals surface area (Å²) in [7, 11) is 3.10. The molecule has 4 heterocycles. The number of anilines is 1. The van der Waals surface area contributed by atoms with Crippen LogP contribution in [0, 0.1) is 0 Å². The molecule has 0 bridgehead atoms. The smallest absolute Gasteiger partial charge is 0.234 e. The van der Waals surface area contributed by atoms with E-state index in [0.29, 0.717) is 29.2 Å². The van der Waals surface area contributed by atoms with E-state index in [1.54, 1.807) is 14.2 Å². The highest BCUT2D eigenvalue weighted by Crippen LogP contribution is 2.33. The summed E-state index contributed by atoms with van der Waals surface area (Å²) in [6, 6.07) is 0. The van der Waals surface area contributed by atoms with E-state index in [-0.39, 0.29) is 6.54 Å². The van der Waals surface area contributed by atoms with Crippen molar-refractivity contribution in [2.75, 3.05) is 32.7 Å². The van der Waals surface area contributed by atoms with Crippen molar-refractivity contribution in [2.45, 2.75) is 36.7 Å². The molecule has 0 saturated carbocycles. The van der Waals surface area contributed by atoms with Gasteiger partial charge in [-0.2, -0.15) is 0 Å². The Morgan fingerprint density at radius 2 is 2.10 bits per heavy atom. The van der Waals surface area contributed by atoms with Crippen LogP contribution < -0.4 is 5.32 Å². The number of nitrogens with one attached hydrogen (secondary N) is 1. The molecule has 2 aliphatic rings. The molecule has 2 unspecified atom stereocenters. The summed E-state index contributed by atoms with van der Waals surface area (Å²) in [5.74, 6) is 0.163. The Balaban J connectivity index is 1.56. The number of methoxy groups -OCH3 is 2. The molecule has 2 aromatic rings. The van der Waals surface area contributed by atoms with Crippen LogP contribution in [0.5, 0.6) is 0 Å². The fourth-order valence-electron chi connectivity index (χ4n) is 3.43. The molecule has 0 amide bonds. The summed E-state index contributed by atoms with van der Waals surface area (Å²) < 4.78 is 23.4. The molecule has 0 spiro atoms. The molecule has 158 valence electrons. The Labute approximate surface area is 165 Å². The SMILES string of the molecule is COC1=COC(CNc2ncnc3c2ncn3C2O[C@H](CO)[C@@H](O)[C@@H]2O)(OC)C1. The number of hydrogen-bond acceptors (Lipinski definition) is 11. The van der Waals surface area contributed by atoms with Crippen molar-refractivity contribution in [3.05, 3.63) is 24.7 Å². The number of hydrogen-bond donors (Lipinski definition) is 4. The Bertz CT molecular complexity index is 905. The summed E-state index contributed by atoms with van der Waals surface area (Å²) in [5.41, 5.74) is 0.835. The normalized spacial score (nSPS) is 31.7. The molecule has 12 heteroatoms. The van der Waals surface area contributed by atoms with Crippen molar-refractivity contribution < 1.29 is 34.3 Å². The standard InChI is InChI=1S/C17H23N5O7/c1-26-9-3-17(27-2,28-5-9)6-18-14-11-15(20-7-19-14)22(8-21-11)16-13(25)12(24)10(4-23)29-16/h5,7-8,10,12-13,16,23-25H,3-4,6H2,1-2H3,(H,18,19,20)/t10-,12-,13+,16?,17?/m1/s1. The second-order valence-electron chi connectivity index (χ2n) is 6.83. The first-order chi connectivity index (χ1) is 14.0. The van der Waals surface area contributed by atoms with Crippen molar-refractivity contribution in [1.82, 2.24) is 19.5 Å². The van der Waals surface area contributed by atoms with Gasteiger partial charge < -0.3 is 39.6 Å². The summed E-state index contributed by atoms with van der Waals surface area (Å²) in [5, 5.41) is 32.7. The quantitative estimate of drug-likeness (QED) is 0.450. The van der Waals surface area contributed by atoms with E-state index < -0.39 is 36.9 Å². The van der Waals surface area contributed by atoms with E-state index in [2.05, 4.69) is 20.3 Å². The highest BCUT2D eigenvalue weighted by molar-refractivity contribution is 5.82. The molecule has 0 radical (unpaired) electrons. The van der Waals surface area contributed by atoms with Crippen LogP contribution >= 0.6 is 0 Å². The van der Waals surface area contributed by atoms with Crippen molar-refractivity contribution >= 4 is 17.0 Å².